The second-order valence-electron chi connectivity index (χ2n) is 1.72. The Labute approximate surface area is 63.8 Å². The molecule has 0 fully saturated rings. The number of rotatable bonds is 5. The van der Waals surface area contributed by atoms with Crippen molar-refractivity contribution in [1.29, 1.82) is 0 Å². The molecule has 3 N–H and O–H groups in total. The molecular weight excluding hydrogens is 154 g/mol. The number of carbonyl (C=O) groups is 1. The molecule has 0 aliphatic carbocycles. The Bertz CT molecular complexity index is 117. The van der Waals surface area contributed by atoms with Gasteiger partial charge in [-0.2, -0.15) is 0 Å². The molecule has 0 aromatic heterocycles. The maximum absolute atomic E-state index is 10.1. The van der Waals surface area contributed by atoms with Crippen LogP contribution in [0.25, 0.3) is 0 Å². The van der Waals surface area contributed by atoms with E-state index in [1.54, 1.807) is 0 Å². The van der Waals surface area contributed by atoms with Crippen molar-refractivity contribution in [3.8, 4) is 0 Å². The highest BCUT2D eigenvalue weighted by molar-refractivity contribution is 5.65. The third-order valence-electron chi connectivity index (χ3n) is 0.763. The molecule has 0 aromatic carbocycles. The molecule has 11 heavy (non-hydrogen) atoms. The monoisotopic (exact) mass is 165 g/mol. The van der Waals surface area contributed by atoms with Gasteiger partial charge in [-0.1, -0.05) is 0 Å². The minimum atomic E-state index is -1.19. The van der Waals surface area contributed by atoms with Gasteiger partial charge >= 0.3 is 5.97 Å². The van der Waals surface area contributed by atoms with Gasteiger partial charge in [-0.3, -0.25) is 9.63 Å². The molecule has 1 unspecified atom stereocenters. The number of aliphatic hydroxyl groups is 1. The van der Waals surface area contributed by atoms with Crippen molar-refractivity contribution in [3.05, 3.63) is 0 Å². The maximum atomic E-state index is 10.1. The molecule has 0 bridgehead atoms. The second kappa shape index (κ2) is 6.05. The van der Waals surface area contributed by atoms with E-state index in [1.165, 1.54) is 6.92 Å². The molecule has 0 heterocycles. The first-order valence-electron chi connectivity index (χ1n) is 2.91. The van der Waals surface area contributed by atoms with Crippen LogP contribution in [0, 0.1) is 0 Å². The van der Waals surface area contributed by atoms with Gasteiger partial charge in [0.1, 0.15) is 6.61 Å². The van der Waals surface area contributed by atoms with Gasteiger partial charge in [-0.15, -0.1) is 0 Å². The van der Waals surface area contributed by atoms with Gasteiger partial charge in [0.15, 0.2) is 13.1 Å². The average Bonchev–Trinajstić information content (AvgIpc) is 1.97. The van der Waals surface area contributed by atoms with Gasteiger partial charge in [0.2, 0.25) is 0 Å². The molecular formula is C5H11NO5. The summed E-state index contributed by atoms with van der Waals surface area (Å²) in [6.45, 7) is 0.902. The molecule has 0 aromatic rings. The van der Waals surface area contributed by atoms with Gasteiger partial charge in [0.25, 0.3) is 0 Å². The fourth-order valence-electron chi connectivity index (χ4n) is 0.313. The third-order valence-corrected chi connectivity index (χ3v) is 0.763. The zero-order chi connectivity index (χ0) is 8.69. The molecule has 66 valence electrons. The van der Waals surface area contributed by atoms with E-state index in [-0.39, 0.29) is 13.4 Å². The second-order valence-corrected chi connectivity index (χ2v) is 1.72. The van der Waals surface area contributed by atoms with Gasteiger partial charge in [0, 0.05) is 6.92 Å². The van der Waals surface area contributed by atoms with E-state index in [2.05, 4.69) is 20.2 Å². The molecule has 6 nitrogen and oxygen atoms in total. The Balaban J connectivity index is 3.08. The molecule has 0 rings (SSSR count). The Hall–Kier alpha value is -0.690. The van der Waals surface area contributed by atoms with Gasteiger partial charge in [-0.05, 0) is 0 Å². The lowest BCUT2D eigenvalue weighted by Gasteiger charge is -2.07. The first kappa shape index (κ1) is 10.3. The van der Waals surface area contributed by atoms with Crippen molar-refractivity contribution >= 4 is 5.97 Å². The predicted octanol–water partition coefficient (Wildman–Crippen LogP) is -1.27. The number of ether oxygens (including phenoxy) is 2. The molecule has 1 atom stereocenters. The molecule has 0 aliphatic heterocycles. The third kappa shape index (κ3) is 7.20. The first-order chi connectivity index (χ1) is 5.16. The molecule has 6 heteroatoms. The summed E-state index contributed by atoms with van der Waals surface area (Å²) in [4.78, 5) is 14.1. The highest BCUT2D eigenvalue weighted by atomic mass is 16.7. The lowest BCUT2D eigenvalue weighted by atomic mass is 10.7. The number of esters is 1. The summed E-state index contributed by atoms with van der Waals surface area (Å²) in [7, 11) is 0. The average molecular weight is 165 g/mol. The van der Waals surface area contributed by atoms with Gasteiger partial charge in [0.05, 0.1) is 0 Å². The van der Waals surface area contributed by atoms with Crippen LogP contribution in [0.1, 0.15) is 6.92 Å². The van der Waals surface area contributed by atoms with E-state index in [9.17, 15) is 4.79 Å². The van der Waals surface area contributed by atoms with E-state index >= 15 is 0 Å². The summed E-state index contributed by atoms with van der Waals surface area (Å²) in [6.07, 6.45) is -1.19. The smallest absolute Gasteiger partial charge is 0.304 e. The molecule has 0 spiro atoms. The van der Waals surface area contributed by atoms with Gasteiger partial charge in [-0.25, -0.2) is 5.90 Å². The summed E-state index contributed by atoms with van der Waals surface area (Å²) in [6, 6.07) is 0. The van der Waals surface area contributed by atoms with Crippen LogP contribution in [0.4, 0.5) is 0 Å². The standard InChI is InChI=1S/C5H11NO5/c1-4(7)10-3-9-2-5(8)11-6/h5,8H,2-3,6H2,1H3. The number of hydrogen-bond acceptors (Lipinski definition) is 6. The summed E-state index contributed by atoms with van der Waals surface area (Å²) < 4.78 is 8.97. The van der Waals surface area contributed by atoms with Crippen molar-refractivity contribution < 1.29 is 24.2 Å². The van der Waals surface area contributed by atoms with Crippen LogP contribution >= 0.6 is 0 Å². The number of nitrogens with two attached hydrogens (primary N) is 1. The molecule has 0 saturated carbocycles. The van der Waals surface area contributed by atoms with Crippen LogP contribution in [0.2, 0.25) is 0 Å². The fraction of sp³-hybridized carbons (Fsp3) is 0.800. The van der Waals surface area contributed by atoms with E-state index in [1.807, 2.05) is 0 Å². The Morgan fingerprint density at radius 3 is 2.82 bits per heavy atom. The normalized spacial score (nSPS) is 12.6. The quantitative estimate of drug-likeness (QED) is 0.228. The van der Waals surface area contributed by atoms with Crippen molar-refractivity contribution in [3.63, 3.8) is 0 Å². The van der Waals surface area contributed by atoms with Crippen molar-refractivity contribution in [2.75, 3.05) is 13.4 Å². The van der Waals surface area contributed by atoms with E-state index in [0.717, 1.165) is 0 Å². The van der Waals surface area contributed by atoms with E-state index in [0.29, 0.717) is 0 Å². The highest BCUT2D eigenvalue weighted by Crippen LogP contribution is 1.84. The minimum absolute atomic E-state index is 0.135. The number of hydrogen-bond donors (Lipinski definition) is 2. The van der Waals surface area contributed by atoms with Crippen LogP contribution in [0.3, 0.4) is 0 Å². The van der Waals surface area contributed by atoms with Crippen LogP contribution in [0.15, 0.2) is 0 Å². The predicted molar refractivity (Wildman–Crippen MR) is 33.9 cm³/mol. The van der Waals surface area contributed by atoms with Crippen LogP contribution < -0.4 is 5.90 Å². The van der Waals surface area contributed by atoms with Gasteiger partial charge < -0.3 is 14.6 Å². The summed E-state index contributed by atoms with van der Waals surface area (Å²) in [5.41, 5.74) is 0. The topological polar surface area (TPSA) is 91.0 Å². The SMILES string of the molecule is CC(=O)OCOCC(O)ON. The Kier molecular flexibility index (Phi) is 5.67. The largest absolute Gasteiger partial charge is 0.439 e. The molecule has 0 radical (unpaired) electrons. The zero-order valence-electron chi connectivity index (χ0n) is 6.15. The minimum Gasteiger partial charge on any atom is -0.439 e. The maximum Gasteiger partial charge on any atom is 0.304 e. The summed E-state index contributed by atoms with van der Waals surface area (Å²) in [5.74, 6) is 4.13. The Morgan fingerprint density at radius 1 is 1.73 bits per heavy atom. The summed E-state index contributed by atoms with van der Waals surface area (Å²) >= 11 is 0. The lowest BCUT2D eigenvalue weighted by molar-refractivity contribution is -0.176. The van der Waals surface area contributed by atoms with E-state index < -0.39 is 12.3 Å². The van der Waals surface area contributed by atoms with Crippen LogP contribution in [-0.4, -0.2) is 30.8 Å². The number of aliphatic hydroxyl groups excluding tert-OH is 1. The highest BCUT2D eigenvalue weighted by Gasteiger charge is 2.01. The zero-order valence-corrected chi connectivity index (χ0v) is 6.15. The van der Waals surface area contributed by atoms with E-state index in [4.69, 9.17) is 5.11 Å². The van der Waals surface area contributed by atoms with Crippen LogP contribution in [0.5, 0.6) is 0 Å². The van der Waals surface area contributed by atoms with Crippen molar-refractivity contribution in [1.82, 2.24) is 0 Å². The number of carbonyl (C=O) groups excluding carboxylic acids is 1. The van der Waals surface area contributed by atoms with Crippen molar-refractivity contribution in [2.45, 2.75) is 13.2 Å². The summed E-state index contributed by atoms with van der Waals surface area (Å²) in [5, 5.41) is 8.61. The Morgan fingerprint density at radius 2 is 2.36 bits per heavy atom. The first-order valence-corrected chi connectivity index (χ1v) is 2.91. The molecule has 0 saturated heterocycles. The fourth-order valence-corrected chi connectivity index (χ4v) is 0.313. The molecule has 0 amide bonds. The molecule has 0 aliphatic rings. The van der Waals surface area contributed by atoms with Crippen LogP contribution in [-0.2, 0) is 19.1 Å². The van der Waals surface area contributed by atoms with Crippen molar-refractivity contribution in [2.24, 2.45) is 5.90 Å². The lowest BCUT2D eigenvalue weighted by Crippen LogP contribution is -2.23.